The second kappa shape index (κ2) is 10.4. The maximum atomic E-state index is 12.8. The molecule has 0 saturated heterocycles. The van der Waals surface area contributed by atoms with Gasteiger partial charge in [-0.2, -0.15) is 0 Å². The standard InChI is InChI=1S/C30H32O4S2/c1-3-5-17-33-23-15-16-24(34-18-6-4-2)28-27(23)29(31,25-13-9-19-35-25)21-11-7-8-12-22(21)30(28,32)26-14-10-20-36-26/h7-16,19-20,31-32H,3-6,17-18H2,1-2H3/t29-,30+. The Morgan fingerprint density at radius 1 is 0.639 bits per heavy atom. The van der Waals surface area contributed by atoms with Gasteiger partial charge in [-0.15, -0.1) is 22.7 Å². The van der Waals surface area contributed by atoms with Crippen LogP contribution in [0.25, 0.3) is 0 Å². The van der Waals surface area contributed by atoms with Crippen molar-refractivity contribution in [2.45, 2.75) is 50.7 Å². The van der Waals surface area contributed by atoms with E-state index in [2.05, 4.69) is 13.8 Å². The average Bonchev–Trinajstić information content (AvgIpc) is 3.63. The van der Waals surface area contributed by atoms with Crippen LogP contribution >= 0.6 is 22.7 Å². The summed E-state index contributed by atoms with van der Waals surface area (Å²) in [5.41, 5.74) is -0.581. The number of ether oxygens (including phenoxy) is 2. The van der Waals surface area contributed by atoms with Crippen LogP contribution in [-0.4, -0.2) is 23.4 Å². The number of rotatable bonds is 10. The monoisotopic (exact) mass is 520 g/mol. The Kier molecular flexibility index (Phi) is 7.22. The molecule has 0 spiro atoms. The Hall–Kier alpha value is -2.64. The first-order chi connectivity index (χ1) is 17.6. The van der Waals surface area contributed by atoms with Crippen molar-refractivity contribution in [3.8, 4) is 11.5 Å². The third kappa shape index (κ3) is 3.97. The van der Waals surface area contributed by atoms with Gasteiger partial charge in [0, 0.05) is 32.0 Å². The highest BCUT2D eigenvalue weighted by molar-refractivity contribution is 7.10. The molecule has 1 aliphatic carbocycles. The highest BCUT2D eigenvalue weighted by Gasteiger charge is 2.55. The van der Waals surface area contributed by atoms with Gasteiger partial charge in [0.2, 0.25) is 0 Å². The number of hydrogen-bond acceptors (Lipinski definition) is 6. The van der Waals surface area contributed by atoms with E-state index >= 15 is 0 Å². The van der Waals surface area contributed by atoms with Gasteiger partial charge in [-0.1, -0.05) is 63.1 Å². The van der Waals surface area contributed by atoms with E-state index in [0.717, 1.165) is 35.4 Å². The zero-order valence-electron chi connectivity index (χ0n) is 20.7. The third-order valence-corrected chi connectivity index (χ3v) is 8.78. The van der Waals surface area contributed by atoms with E-state index in [-0.39, 0.29) is 0 Å². The molecule has 0 unspecified atom stereocenters. The molecule has 0 saturated carbocycles. The van der Waals surface area contributed by atoms with E-state index in [1.54, 1.807) is 0 Å². The van der Waals surface area contributed by atoms with Crippen LogP contribution < -0.4 is 9.47 Å². The van der Waals surface area contributed by atoms with E-state index in [1.807, 2.05) is 71.4 Å². The lowest BCUT2D eigenvalue weighted by atomic mass is 9.66. The lowest BCUT2D eigenvalue weighted by Crippen LogP contribution is -2.44. The minimum Gasteiger partial charge on any atom is -0.493 e. The molecule has 4 nitrogen and oxygen atoms in total. The average molecular weight is 521 g/mol. The van der Waals surface area contributed by atoms with Crippen LogP contribution in [-0.2, 0) is 11.2 Å². The van der Waals surface area contributed by atoms with Crippen molar-refractivity contribution in [2.75, 3.05) is 13.2 Å². The molecule has 0 aliphatic heterocycles. The molecule has 0 fully saturated rings. The summed E-state index contributed by atoms with van der Waals surface area (Å²) in [6, 6.07) is 19.2. The van der Waals surface area contributed by atoms with Gasteiger partial charge in [0.05, 0.1) is 13.2 Å². The van der Waals surface area contributed by atoms with Crippen LogP contribution in [0.3, 0.4) is 0 Å². The summed E-state index contributed by atoms with van der Waals surface area (Å²) >= 11 is 2.98. The lowest BCUT2D eigenvalue weighted by molar-refractivity contribution is 0.0722. The Morgan fingerprint density at radius 3 is 1.44 bits per heavy atom. The summed E-state index contributed by atoms with van der Waals surface area (Å²) in [4.78, 5) is 1.55. The van der Waals surface area contributed by atoms with Crippen LogP contribution in [0, 0.1) is 0 Å². The highest BCUT2D eigenvalue weighted by Crippen LogP contribution is 2.59. The number of fused-ring (bicyclic) bond motifs is 2. The van der Waals surface area contributed by atoms with Crippen LogP contribution in [0.1, 0.15) is 71.5 Å². The lowest BCUT2D eigenvalue weighted by Gasteiger charge is -2.45. The zero-order valence-corrected chi connectivity index (χ0v) is 22.3. The smallest absolute Gasteiger partial charge is 0.154 e. The molecule has 2 aromatic carbocycles. The van der Waals surface area contributed by atoms with Crippen molar-refractivity contribution in [2.24, 2.45) is 0 Å². The molecule has 0 bridgehead atoms. The number of unbranched alkanes of at least 4 members (excludes halogenated alkanes) is 2. The molecule has 6 heteroatoms. The van der Waals surface area contributed by atoms with E-state index in [9.17, 15) is 10.2 Å². The summed E-state index contributed by atoms with van der Waals surface area (Å²) < 4.78 is 12.7. The summed E-state index contributed by atoms with van der Waals surface area (Å²) in [5, 5.41) is 29.5. The molecule has 0 amide bonds. The first kappa shape index (κ1) is 25.0. The molecule has 5 rings (SSSR count). The first-order valence-electron chi connectivity index (χ1n) is 12.6. The maximum Gasteiger partial charge on any atom is 0.154 e. The van der Waals surface area contributed by atoms with Crippen molar-refractivity contribution in [1.29, 1.82) is 0 Å². The van der Waals surface area contributed by atoms with E-state index in [0.29, 0.717) is 47.0 Å². The molecule has 0 radical (unpaired) electrons. The largest absolute Gasteiger partial charge is 0.493 e. The molecule has 1 aliphatic rings. The SMILES string of the molecule is CCCCOc1ccc(OCCCC)c2c1[C@@](O)(c1cccs1)c1ccccc1[C@@]2(O)c1cccs1. The van der Waals surface area contributed by atoms with E-state index < -0.39 is 11.2 Å². The van der Waals surface area contributed by atoms with Crippen molar-refractivity contribution >= 4 is 22.7 Å². The van der Waals surface area contributed by atoms with Gasteiger partial charge in [-0.25, -0.2) is 0 Å². The van der Waals surface area contributed by atoms with Gasteiger partial charge in [0.15, 0.2) is 11.2 Å². The maximum absolute atomic E-state index is 12.8. The fraction of sp³-hybridized carbons (Fsp3) is 0.333. The minimum atomic E-state index is -1.50. The molecular formula is C30H32O4S2. The van der Waals surface area contributed by atoms with Crippen molar-refractivity contribution in [3.63, 3.8) is 0 Å². The van der Waals surface area contributed by atoms with E-state index in [1.165, 1.54) is 22.7 Å². The topological polar surface area (TPSA) is 58.9 Å². The molecule has 188 valence electrons. The van der Waals surface area contributed by atoms with Crippen LogP contribution in [0.15, 0.2) is 71.4 Å². The van der Waals surface area contributed by atoms with Gasteiger partial charge in [-0.05, 0) is 47.9 Å². The number of hydrogen-bond donors (Lipinski definition) is 2. The second-order valence-corrected chi connectivity index (χ2v) is 11.0. The minimum absolute atomic E-state index is 0.526. The molecule has 2 aromatic heterocycles. The molecule has 2 heterocycles. The number of aliphatic hydroxyl groups is 2. The number of benzene rings is 2. The van der Waals surface area contributed by atoms with Crippen molar-refractivity contribution in [1.82, 2.24) is 0 Å². The molecular weight excluding hydrogens is 488 g/mol. The van der Waals surface area contributed by atoms with Crippen LogP contribution in [0.4, 0.5) is 0 Å². The summed E-state index contributed by atoms with van der Waals surface area (Å²) in [5.74, 6) is 1.14. The third-order valence-electron chi connectivity index (χ3n) is 6.83. The van der Waals surface area contributed by atoms with Gasteiger partial charge in [0.1, 0.15) is 11.5 Å². The fourth-order valence-corrected chi connectivity index (χ4v) is 6.73. The summed E-state index contributed by atoms with van der Waals surface area (Å²) in [7, 11) is 0. The Bertz CT molecular complexity index is 1200. The van der Waals surface area contributed by atoms with Crippen molar-refractivity contribution < 1.29 is 19.7 Å². The highest BCUT2D eigenvalue weighted by atomic mass is 32.1. The number of thiophene rings is 2. The van der Waals surface area contributed by atoms with Gasteiger partial charge in [-0.3, -0.25) is 0 Å². The molecule has 36 heavy (non-hydrogen) atoms. The molecule has 4 aromatic rings. The van der Waals surface area contributed by atoms with Crippen molar-refractivity contribution in [3.05, 3.63) is 103 Å². The quantitative estimate of drug-likeness (QED) is 0.220. The van der Waals surface area contributed by atoms with E-state index in [4.69, 9.17) is 9.47 Å². The Balaban J connectivity index is 1.87. The Morgan fingerprint density at radius 2 is 1.08 bits per heavy atom. The second-order valence-electron chi connectivity index (χ2n) is 9.14. The molecule has 2 atom stereocenters. The summed E-state index contributed by atoms with van der Waals surface area (Å²) in [6.07, 6.45) is 3.79. The predicted octanol–water partition coefficient (Wildman–Crippen LogP) is 7.05. The normalized spacial score (nSPS) is 20.6. The first-order valence-corrected chi connectivity index (χ1v) is 14.4. The zero-order chi connectivity index (χ0) is 25.2. The van der Waals surface area contributed by atoms with Crippen LogP contribution in [0.2, 0.25) is 0 Å². The summed E-state index contributed by atoms with van der Waals surface area (Å²) in [6.45, 7) is 5.30. The van der Waals surface area contributed by atoms with Gasteiger partial charge in [0.25, 0.3) is 0 Å². The fourth-order valence-electron chi connectivity index (χ4n) is 5.04. The Labute approximate surface area is 220 Å². The molecule has 2 N–H and O–H groups in total. The van der Waals surface area contributed by atoms with Crippen LogP contribution in [0.5, 0.6) is 11.5 Å². The van der Waals surface area contributed by atoms with Gasteiger partial charge >= 0.3 is 0 Å². The van der Waals surface area contributed by atoms with Gasteiger partial charge < -0.3 is 19.7 Å². The predicted molar refractivity (Wildman–Crippen MR) is 147 cm³/mol.